The van der Waals surface area contributed by atoms with Gasteiger partial charge in [-0.15, -0.1) is 0 Å². The maximum absolute atomic E-state index is 12.9. The Hall–Kier alpha value is -1.92. The van der Waals surface area contributed by atoms with E-state index in [-0.39, 0.29) is 5.91 Å². The molecule has 1 amide bonds. The van der Waals surface area contributed by atoms with Crippen LogP contribution in [-0.4, -0.2) is 42.0 Å². The lowest BCUT2D eigenvalue weighted by atomic mass is 10.0. The molecular weight excluding hydrogens is 410 g/mol. The van der Waals surface area contributed by atoms with Crippen LogP contribution >= 0.6 is 27.3 Å². The molecule has 2 aromatic carbocycles. The molecule has 3 aromatic rings. The number of anilines is 1. The maximum Gasteiger partial charge on any atom is 0.254 e. The predicted molar refractivity (Wildman–Crippen MR) is 111 cm³/mol. The summed E-state index contributed by atoms with van der Waals surface area (Å²) in [6, 6.07) is 12.2. The SMILES string of the molecule is Cc1ccc(C)c(C(=O)N2CCN(c3nc4ccc(Br)cc4s3)CC2)c1. The van der Waals surface area contributed by atoms with Crippen molar-refractivity contribution in [2.45, 2.75) is 13.8 Å². The van der Waals surface area contributed by atoms with Gasteiger partial charge in [-0.1, -0.05) is 45.0 Å². The van der Waals surface area contributed by atoms with Crippen molar-refractivity contribution in [2.24, 2.45) is 0 Å². The minimum absolute atomic E-state index is 0.138. The van der Waals surface area contributed by atoms with E-state index in [1.807, 2.05) is 43.0 Å². The van der Waals surface area contributed by atoms with E-state index in [0.717, 1.165) is 58.0 Å². The zero-order valence-electron chi connectivity index (χ0n) is 14.8. The Labute approximate surface area is 165 Å². The monoisotopic (exact) mass is 429 g/mol. The Bertz CT molecular complexity index is 976. The van der Waals surface area contributed by atoms with E-state index in [4.69, 9.17) is 4.98 Å². The molecule has 1 fully saturated rings. The number of carbonyl (C=O) groups is 1. The van der Waals surface area contributed by atoms with Gasteiger partial charge in [0.2, 0.25) is 0 Å². The molecule has 1 aliphatic rings. The fourth-order valence-corrected chi connectivity index (χ4v) is 4.83. The first-order valence-electron chi connectivity index (χ1n) is 8.69. The quantitative estimate of drug-likeness (QED) is 0.595. The van der Waals surface area contributed by atoms with Crippen LogP contribution in [0.1, 0.15) is 21.5 Å². The molecule has 134 valence electrons. The second-order valence-electron chi connectivity index (χ2n) is 6.71. The average molecular weight is 430 g/mol. The molecule has 6 heteroatoms. The highest BCUT2D eigenvalue weighted by Crippen LogP contribution is 2.31. The van der Waals surface area contributed by atoms with Crippen molar-refractivity contribution in [3.8, 4) is 0 Å². The van der Waals surface area contributed by atoms with Crippen molar-refractivity contribution in [3.05, 3.63) is 57.6 Å². The highest BCUT2D eigenvalue weighted by Gasteiger charge is 2.24. The van der Waals surface area contributed by atoms with Crippen LogP contribution in [0.3, 0.4) is 0 Å². The highest BCUT2D eigenvalue weighted by atomic mass is 79.9. The summed E-state index contributed by atoms with van der Waals surface area (Å²) in [5.74, 6) is 0.138. The van der Waals surface area contributed by atoms with Gasteiger partial charge in [0.1, 0.15) is 0 Å². The molecule has 4 rings (SSSR count). The van der Waals surface area contributed by atoms with Crippen LogP contribution in [0.15, 0.2) is 40.9 Å². The number of halogens is 1. The third kappa shape index (κ3) is 3.35. The van der Waals surface area contributed by atoms with Gasteiger partial charge in [0, 0.05) is 36.2 Å². The highest BCUT2D eigenvalue weighted by molar-refractivity contribution is 9.10. The van der Waals surface area contributed by atoms with Crippen LogP contribution in [0, 0.1) is 13.8 Å². The number of piperazine rings is 1. The molecule has 0 radical (unpaired) electrons. The second kappa shape index (κ2) is 7.00. The number of nitrogens with zero attached hydrogens (tertiary/aromatic N) is 3. The summed E-state index contributed by atoms with van der Waals surface area (Å²) < 4.78 is 2.26. The molecule has 1 aromatic heterocycles. The fourth-order valence-electron chi connectivity index (χ4n) is 3.26. The number of benzene rings is 2. The van der Waals surface area contributed by atoms with E-state index in [1.54, 1.807) is 11.3 Å². The predicted octanol–water partition coefficient (Wildman–Crippen LogP) is 4.64. The minimum Gasteiger partial charge on any atom is -0.345 e. The topological polar surface area (TPSA) is 36.4 Å². The Balaban J connectivity index is 1.48. The van der Waals surface area contributed by atoms with E-state index < -0.39 is 0 Å². The minimum atomic E-state index is 0.138. The van der Waals surface area contributed by atoms with Crippen LogP contribution in [0.5, 0.6) is 0 Å². The summed E-state index contributed by atoms with van der Waals surface area (Å²) in [6.07, 6.45) is 0. The zero-order chi connectivity index (χ0) is 18.3. The third-order valence-electron chi connectivity index (χ3n) is 4.80. The van der Waals surface area contributed by atoms with Crippen molar-refractivity contribution < 1.29 is 4.79 Å². The molecule has 0 spiro atoms. The van der Waals surface area contributed by atoms with Gasteiger partial charge in [0.15, 0.2) is 5.13 Å². The lowest BCUT2D eigenvalue weighted by Gasteiger charge is -2.34. The number of hydrogen-bond donors (Lipinski definition) is 0. The number of aryl methyl sites for hydroxylation is 2. The van der Waals surface area contributed by atoms with E-state index >= 15 is 0 Å². The molecule has 0 saturated carbocycles. The fraction of sp³-hybridized carbons (Fsp3) is 0.300. The first-order chi connectivity index (χ1) is 12.5. The number of aromatic nitrogens is 1. The van der Waals surface area contributed by atoms with E-state index in [9.17, 15) is 4.79 Å². The third-order valence-corrected chi connectivity index (χ3v) is 6.37. The number of thiazole rings is 1. The largest absolute Gasteiger partial charge is 0.345 e. The molecule has 26 heavy (non-hydrogen) atoms. The summed E-state index contributed by atoms with van der Waals surface area (Å²) in [4.78, 5) is 21.9. The molecule has 0 bridgehead atoms. The number of hydrogen-bond acceptors (Lipinski definition) is 4. The number of amides is 1. The zero-order valence-corrected chi connectivity index (χ0v) is 17.2. The van der Waals surface area contributed by atoms with E-state index in [1.165, 1.54) is 4.70 Å². The van der Waals surface area contributed by atoms with Crippen LogP contribution in [0.4, 0.5) is 5.13 Å². The van der Waals surface area contributed by atoms with Gasteiger partial charge < -0.3 is 9.80 Å². The summed E-state index contributed by atoms with van der Waals surface area (Å²) in [6.45, 7) is 7.12. The molecule has 0 aliphatic carbocycles. The summed E-state index contributed by atoms with van der Waals surface area (Å²) >= 11 is 5.23. The average Bonchev–Trinajstić information content (AvgIpc) is 3.06. The Kier molecular flexibility index (Phi) is 4.71. The Morgan fingerprint density at radius 3 is 2.62 bits per heavy atom. The molecule has 1 aliphatic heterocycles. The van der Waals surface area contributed by atoms with Gasteiger partial charge >= 0.3 is 0 Å². The van der Waals surface area contributed by atoms with Gasteiger partial charge in [0.25, 0.3) is 5.91 Å². The smallest absolute Gasteiger partial charge is 0.254 e. The first kappa shape index (κ1) is 17.5. The lowest BCUT2D eigenvalue weighted by Crippen LogP contribution is -2.48. The molecule has 2 heterocycles. The van der Waals surface area contributed by atoms with Gasteiger partial charge in [0.05, 0.1) is 10.2 Å². The standard InChI is InChI=1S/C20H20BrN3OS/c1-13-3-4-14(2)16(11-13)19(25)23-7-9-24(10-8-23)20-22-17-6-5-15(21)12-18(17)26-20/h3-6,11-12H,7-10H2,1-2H3. The van der Waals surface area contributed by atoms with Crippen LogP contribution in [-0.2, 0) is 0 Å². The van der Waals surface area contributed by atoms with Crippen LogP contribution in [0.2, 0.25) is 0 Å². The van der Waals surface area contributed by atoms with Crippen molar-refractivity contribution in [2.75, 3.05) is 31.1 Å². The number of fused-ring (bicyclic) bond motifs is 1. The van der Waals surface area contributed by atoms with Crippen molar-refractivity contribution in [1.82, 2.24) is 9.88 Å². The van der Waals surface area contributed by atoms with Crippen molar-refractivity contribution >= 4 is 48.5 Å². The van der Waals surface area contributed by atoms with Gasteiger partial charge in [-0.25, -0.2) is 4.98 Å². The van der Waals surface area contributed by atoms with Gasteiger partial charge in [-0.2, -0.15) is 0 Å². The molecule has 0 atom stereocenters. The Morgan fingerprint density at radius 2 is 1.85 bits per heavy atom. The van der Waals surface area contributed by atoms with Gasteiger partial charge in [-0.3, -0.25) is 4.79 Å². The molecule has 0 unspecified atom stereocenters. The second-order valence-corrected chi connectivity index (χ2v) is 8.63. The summed E-state index contributed by atoms with van der Waals surface area (Å²) in [7, 11) is 0. The number of rotatable bonds is 2. The lowest BCUT2D eigenvalue weighted by molar-refractivity contribution is 0.0746. The van der Waals surface area contributed by atoms with E-state index in [0.29, 0.717) is 0 Å². The van der Waals surface area contributed by atoms with Crippen molar-refractivity contribution in [1.29, 1.82) is 0 Å². The maximum atomic E-state index is 12.9. The van der Waals surface area contributed by atoms with Crippen LogP contribution < -0.4 is 4.90 Å². The Morgan fingerprint density at radius 1 is 1.08 bits per heavy atom. The summed E-state index contributed by atoms with van der Waals surface area (Å²) in [5, 5.41) is 1.04. The summed E-state index contributed by atoms with van der Waals surface area (Å²) in [5.41, 5.74) is 4.02. The molecule has 4 nitrogen and oxygen atoms in total. The first-order valence-corrected chi connectivity index (χ1v) is 10.3. The normalized spacial score (nSPS) is 14.9. The molecule has 1 saturated heterocycles. The number of carbonyl (C=O) groups excluding carboxylic acids is 1. The van der Waals surface area contributed by atoms with Gasteiger partial charge in [-0.05, 0) is 43.7 Å². The molecular formula is C20H20BrN3OS. The molecule has 0 N–H and O–H groups in total. The van der Waals surface area contributed by atoms with Crippen molar-refractivity contribution in [3.63, 3.8) is 0 Å². The van der Waals surface area contributed by atoms with Crippen LogP contribution in [0.25, 0.3) is 10.2 Å². The van der Waals surface area contributed by atoms with E-state index in [2.05, 4.69) is 33.0 Å².